The monoisotopic (exact) mass is 209 g/mol. The summed E-state index contributed by atoms with van der Waals surface area (Å²) in [5.74, 6) is 0.153. The fourth-order valence-electron chi connectivity index (χ4n) is 1.89. The van der Waals surface area contributed by atoms with E-state index in [1.165, 1.54) is 0 Å². The number of carbonyl (C=O) groups is 1. The van der Waals surface area contributed by atoms with Crippen molar-refractivity contribution >= 4 is 5.91 Å². The van der Waals surface area contributed by atoms with E-state index in [9.17, 15) is 9.59 Å². The zero-order valence-electron chi connectivity index (χ0n) is 8.96. The summed E-state index contributed by atoms with van der Waals surface area (Å²) in [6.45, 7) is 4.94. The molecule has 0 unspecified atom stereocenters. The van der Waals surface area contributed by atoms with E-state index in [4.69, 9.17) is 0 Å². The fourth-order valence-corrected chi connectivity index (χ4v) is 1.89. The number of aromatic nitrogens is 2. The molecule has 2 heterocycles. The first kappa shape index (κ1) is 10.0. The lowest BCUT2D eigenvalue weighted by atomic mass is 10.1. The standard InChI is InChI=1S/C10H15N3O2/c1-6(2)10(15)13-4-3-7-8(5-13)11-12-9(7)14/h6H,3-5H2,1-2H3,(H2,11,12,14). The highest BCUT2D eigenvalue weighted by Gasteiger charge is 2.24. The first-order chi connectivity index (χ1) is 7.09. The van der Waals surface area contributed by atoms with Crippen LogP contribution in [0.5, 0.6) is 0 Å². The zero-order valence-corrected chi connectivity index (χ0v) is 8.96. The highest BCUT2D eigenvalue weighted by molar-refractivity contribution is 5.78. The van der Waals surface area contributed by atoms with E-state index in [2.05, 4.69) is 10.2 Å². The van der Waals surface area contributed by atoms with Gasteiger partial charge in [0.2, 0.25) is 5.91 Å². The molecule has 0 radical (unpaired) electrons. The molecule has 0 saturated carbocycles. The molecular weight excluding hydrogens is 194 g/mol. The van der Waals surface area contributed by atoms with Crippen molar-refractivity contribution in [3.05, 3.63) is 21.6 Å². The zero-order chi connectivity index (χ0) is 11.0. The Morgan fingerprint density at radius 1 is 1.40 bits per heavy atom. The minimum atomic E-state index is -0.0540. The molecule has 2 rings (SSSR count). The number of nitrogens with zero attached hydrogens (tertiary/aromatic N) is 1. The molecule has 0 fully saturated rings. The Morgan fingerprint density at radius 2 is 2.13 bits per heavy atom. The van der Waals surface area contributed by atoms with Crippen LogP contribution in [0.25, 0.3) is 0 Å². The van der Waals surface area contributed by atoms with Crippen molar-refractivity contribution in [3.8, 4) is 0 Å². The predicted molar refractivity (Wildman–Crippen MR) is 55.4 cm³/mol. The summed E-state index contributed by atoms with van der Waals surface area (Å²) >= 11 is 0. The predicted octanol–water partition coefficient (Wildman–Crippen LogP) is 0.244. The summed E-state index contributed by atoms with van der Waals surface area (Å²) in [7, 11) is 0. The summed E-state index contributed by atoms with van der Waals surface area (Å²) in [4.78, 5) is 24.8. The minimum Gasteiger partial charge on any atom is -0.336 e. The van der Waals surface area contributed by atoms with Gasteiger partial charge in [0.15, 0.2) is 0 Å². The fraction of sp³-hybridized carbons (Fsp3) is 0.600. The normalized spacial score (nSPS) is 15.5. The summed E-state index contributed by atoms with van der Waals surface area (Å²) in [5, 5.41) is 5.37. The molecule has 0 saturated heterocycles. The molecule has 0 spiro atoms. The number of H-pyrrole nitrogens is 2. The van der Waals surface area contributed by atoms with E-state index < -0.39 is 0 Å². The lowest BCUT2D eigenvalue weighted by molar-refractivity contribution is -0.135. The van der Waals surface area contributed by atoms with Crippen molar-refractivity contribution < 1.29 is 4.79 Å². The van der Waals surface area contributed by atoms with E-state index in [1.54, 1.807) is 4.90 Å². The van der Waals surface area contributed by atoms with Gasteiger partial charge in [0.05, 0.1) is 12.2 Å². The highest BCUT2D eigenvalue weighted by atomic mass is 16.2. The summed E-state index contributed by atoms with van der Waals surface area (Å²) in [5.41, 5.74) is 1.59. The smallest absolute Gasteiger partial charge is 0.267 e. The van der Waals surface area contributed by atoms with Crippen LogP contribution in [0.1, 0.15) is 25.1 Å². The maximum atomic E-state index is 11.7. The first-order valence-electron chi connectivity index (χ1n) is 5.16. The number of hydrogen-bond donors (Lipinski definition) is 2. The van der Waals surface area contributed by atoms with Crippen LogP contribution in [0.3, 0.4) is 0 Å². The van der Waals surface area contributed by atoms with Gasteiger partial charge in [-0.1, -0.05) is 13.8 Å². The van der Waals surface area contributed by atoms with E-state index in [0.29, 0.717) is 19.5 Å². The van der Waals surface area contributed by atoms with Gasteiger partial charge in [-0.3, -0.25) is 14.7 Å². The van der Waals surface area contributed by atoms with Crippen molar-refractivity contribution in [2.45, 2.75) is 26.8 Å². The van der Waals surface area contributed by atoms with Crippen LogP contribution in [-0.2, 0) is 17.8 Å². The van der Waals surface area contributed by atoms with Gasteiger partial charge in [-0.25, -0.2) is 0 Å². The Balaban J connectivity index is 2.19. The molecule has 5 heteroatoms. The number of fused-ring (bicyclic) bond motifs is 1. The Hall–Kier alpha value is -1.52. The lowest BCUT2D eigenvalue weighted by Gasteiger charge is -2.27. The first-order valence-corrected chi connectivity index (χ1v) is 5.16. The molecule has 1 aliphatic rings. The number of amides is 1. The van der Waals surface area contributed by atoms with Gasteiger partial charge in [-0.2, -0.15) is 0 Å². The Bertz CT molecular complexity index is 430. The molecule has 0 atom stereocenters. The molecule has 15 heavy (non-hydrogen) atoms. The second-order valence-electron chi connectivity index (χ2n) is 4.20. The van der Waals surface area contributed by atoms with Crippen molar-refractivity contribution in [2.24, 2.45) is 5.92 Å². The van der Waals surface area contributed by atoms with Gasteiger partial charge in [-0.05, 0) is 6.42 Å². The van der Waals surface area contributed by atoms with Gasteiger partial charge >= 0.3 is 0 Å². The van der Waals surface area contributed by atoms with Gasteiger partial charge < -0.3 is 10.00 Å². The number of rotatable bonds is 1. The van der Waals surface area contributed by atoms with Crippen molar-refractivity contribution in [1.82, 2.24) is 15.1 Å². The summed E-state index contributed by atoms with van der Waals surface area (Å²) < 4.78 is 0. The number of hydrogen-bond acceptors (Lipinski definition) is 2. The van der Waals surface area contributed by atoms with Crippen LogP contribution in [0, 0.1) is 5.92 Å². The maximum absolute atomic E-state index is 11.7. The average Bonchev–Trinajstić information content (AvgIpc) is 2.59. The highest BCUT2D eigenvalue weighted by Crippen LogP contribution is 2.15. The van der Waals surface area contributed by atoms with Gasteiger partial charge in [0, 0.05) is 18.0 Å². The Morgan fingerprint density at radius 3 is 2.80 bits per heavy atom. The molecule has 0 aliphatic carbocycles. The molecule has 1 aromatic heterocycles. The van der Waals surface area contributed by atoms with Crippen LogP contribution in [0.4, 0.5) is 0 Å². The second kappa shape index (κ2) is 3.56. The molecule has 82 valence electrons. The number of aromatic amines is 2. The third kappa shape index (κ3) is 1.69. The third-order valence-corrected chi connectivity index (χ3v) is 2.75. The van der Waals surface area contributed by atoms with Gasteiger partial charge in [0.25, 0.3) is 5.56 Å². The van der Waals surface area contributed by atoms with E-state index in [1.807, 2.05) is 13.8 Å². The van der Waals surface area contributed by atoms with Gasteiger partial charge in [-0.15, -0.1) is 0 Å². The third-order valence-electron chi connectivity index (χ3n) is 2.75. The van der Waals surface area contributed by atoms with Crippen molar-refractivity contribution in [2.75, 3.05) is 6.54 Å². The molecule has 1 aliphatic heterocycles. The second-order valence-corrected chi connectivity index (χ2v) is 4.20. The van der Waals surface area contributed by atoms with E-state index in [-0.39, 0.29) is 17.4 Å². The average molecular weight is 209 g/mol. The maximum Gasteiger partial charge on any atom is 0.267 e. The minimum absolute atomic E-state index is 0.0113. The van der Waals surface area contributed by atoms with Crippen LogP contribution in [-0.4, -0.2) is 27.5 Å². The quantitative estimate of drug-likeness (QED) is 0.695. The van der Waals surface area contributed by atoms with Crippen LogP contribution < -0.4 is 5.56 Å². The topological polar surface area (TPSA) is 69.0 Å². The summed E-state index contributed by atoms with van der Waals surface area (Å²) in [6, 6.07) is 0. The van der Waals surface area contributed by atoms with Crippen molar-refractivity contribution in [1.29, 1.82) is 0 Å². The van der Waals surface area contributed by atoms with Gasteiger partial charge in [0.1, 0.15) is 0 Å². The van der Waals surface area contributed by atoms with Crippen LogP contribution >= 0.6 is 0 Å². The largest absolute Gasteiger partial charge is 0.336 e. The lowest BCUT2D eigenvalue weighted by Crippen LogP contribution is -2.39. The molecule has 5 nitrogen and oxygen atoms in total. The SMILES string of the molecule is CC(C)C(=O)N1CCc2c([nH][nH]c2=O)C1. The Kier molecular flexibility index (Phi) is 2.38. The molecule has 0 aromatic carbocycles. The van der Waals surface area contributed by atoms with Crippen LogP contribution in [0.15, 0.2) is 4.79 Å². The molecule has 0 bridgehead atoms. The molecule has 2 N–H and O–H groups in total. The number of nitrogens with one attached hydrogen (secondary N) is 2. The summed E-state index contributed by atoms with van der Waals surface area (Å²) in [6.07, 6.45) is 0.645. The molecule has 1 amide bonds. The van der Waals surface area contributed by atoms with Crippen molar-refractivity contribution in [3.63, 3.8) is 0 Å². The Labute approximate surface area is 87.5 Å². The van der Waals surface area contributed by atoms with E-state index >= 15 is 0 Å². The molecule has 1 aromatic rings. The number of carbonyl (C=O) groups excluding carboxylic acids is 1. The molecular formula is C10H15N3O2. The van der Waals surface area contributed by atoms with E-state index in [0.717, 1.165) is 11.3 Å². The van der Waals surface area contributed by atoms with Crippen LogP contribution in [0.2, 0.25) is 0 Å².